The average molecular weight is 290 g/mol. The minimum absolute atomic E-state index is 0.193. The van der Waals surface area contributed by atoms with Crippen molar-refractivity contribution in [3.05, 3.63) is 40.3 Å². The highest BCUT2D eigenvalue weighted by atomic mass is 32.1. The third kappa shape index (κ3) is 3.27. The summed E-state index contributed by atoms with van der Waals surface area (Å²) >= 11 is 1.25. The molecular formula is C14H18N4OS. The lowest BCUT2D eigenvalue weighted by Gasteiger charge is -2.05. The zero-order chi connectivity index (χ0) is 14.5. The van der Waals surface area contributed by atoms with Gasteiger partial charge in [0.05, 0.1) is 0 Å². The van der Waals surface area contributed by atoms with Crippen LogP contribution in [0.2, 0.25) is 0 Å². The number of thiazole rings is 1. The van der Waals surface area contributed by atoms with Crippen molar-refractivity contribution in [2.75, 3.05) is 18.1 Å². The highest BCUT2D eigenvalue weighted by Gasteiger charge is 2.15. The topological polar surface area (TPSA) is 80.0 Å². The Kier molecular flexibility index (Phi) is 4.57. The molecule has 20 heavy (non-hydrogen) atoms. The number of nitrogens with two attached hydrogens (primary N) is 1. The number of aromatic nitrogens is 1. The summed E-state index contributed by atoms with van der Waals surface area (Å²) in [4.78, 5) is 16.5. The molecule has 4 N–H and O–H groups in total. The van der Waals surface area contributed by atoms with E-state index < -0.39 is 0 Å². The molecule has 2 aromatic rings. The Morgan fingerprint density at radius 2 is 1.95 bits per heavy atom. The molecule has 0 saturated heterocycles. The van der Waals surface area contributed by atoms with Crippen LogP contribution in [0.3, 0.4) is 0 Å². The summed E-state index contributed by atoms with van der Waals surface area (Å²) in [6.07, 6.45) is 1.01. The van der Waals surface area contributed by atoms with Gasteiger partial charge in [-0.3, -0.25) is 4.79 Å². The number of aryl methyl sites for hydroxylation is 1. The first-order valence-corrected chi connectivity index (χ1v) is 7.25. The van der Waals surface area contributed by atoms with Crippen molar-refractivity contribution >= 4 is 28.2 Å². The number of rotatable bonds is 5. The maximum Gasteiger partial charge on any atom is 0.265 e. The van der Waals surface area contributed by atoms with Gasteiger partial charge in [0.15, 0.2) is 5.13 Å². The molecule has 6 heteroatoms. The predicted octanol–water partition coefficient (Wildman–Crippen LogP) is 2.26. The number of anilines is 2. The number of nitrogens with one attached hydrogen (secondary N) is 2. The van der Waals surface area contributed by atoms with E-state index in [1.54, 1.807) is 7.05 Å². The Labute approximate surface area is 122 Å². The fraction of sp³-hybridized carbons (Fsp3) is 0.286. The van der Waals surface area contributed by atoms with Crippen LogP contribution >= 0.6 is 11.3 Å². The first kappa shape index (κ1) is 14.3. The lowest BCUT2D eigenvalue weighted by molar-refractivity contribution is 0.0955. The minimum atomic E-state index is -0.193. The van der Waals surface area contributed by atoms with Crippen molar-refractivity contribution in [2.24, 2.45) is 0 Å². The van der Waals surface area contributed by atoms with Crippen LogP contribution in [-0.2, 0) is 13.0 Å². The molecule has 0 atom stereocenters. The summed E-state index contributed by atoms with van der Waals surface area (Å²) in [5, 5.41) is 6.37. The number of hydrogen-bond acceptors (Lipinski definition) is 5. The molecule has 1 amide bonds. The van der Waals surface area contributed by atoms with Gasteiger partial charge in [-0.2, -0.15) is 0 Å². The maximum absolute atomic E-state index is 12.0. The van der Waals surface area contributed by atoms with Crippen LogP contribution < -0.4 is 16.4 Å². The number of nitrogens with zero attached hydrogens (tertiary/aromatic N) is 1. The van der Waals surface area contributed by atoms with Crippen LogP contribution in [0.25, 0.3) is 0 Å². The second-order valence-electron chi connectivity index (χ2n) is 4.34. The molecule has 0 aliphatic rings. The van der Waals surface area contributed by atoms with E-state index in [0.29, 0.717) is 16.6 Å². The van der Waals surface area contributed by atoms with Crippen LogP contribution in [0.1, 0.15) is 27.7 Å². The quantitative estimate of drug-likeness (QED) is 0.789. The van der Waals surface area contributed by atoms with Crippen molar-refractivity contribution < 1.29 is 4.79 Å². The highest BCUT2D eigenvalue weighted by molar-refractivity contribution is 7.18. The summed E-state index contributed by atoms with van der Waals surface area (Å²) in [7, 11) is 1.75. The van der Waals surface area contributed by atoms with Crippen molar-refractivity contribution in [3.8, 4) is 0 Å². The van der Waals surface area contributed by atoms with Gasteiger partial charge in [-0.25, -0.2) is 4.98 Å². The van der Waals surface area contributed by atoms with Gasteiger partial charge in [0.25, 0.3) is 5.91 Å². The summed E-state index contributed by atoms with van der Waals surface area (Å²) < 4.78 is 0. The van der Waals surface area contributed by atoms with Gasteiger partial charge in [-0.15, -0.1) is 0 Å². The molecular weight excluding hydrogens is 272 g/mol. The van der Waals surface area contributed by atoms with Gasteiger partial charge < -0.3 is 16.4 Å². The molecule has 0 spiro atoms. The minimum Gasteiger partial charge on any atom is -0.382 e. The zero-order valence-electron chi connectivity index (χ0n) is 11.6. The van der Waals surface area contributed by atoms with Gasteiger partial charge in [0, 0.05) is 13.6 Å². The molecule has 0 aliphatic heterocycles. The Morgan fingerprint density at radius 3 is 2.50 bits per heavy atom. The molecule has 0 unspecified atom stereocenters. The molecule has 106 valence electrons. The van der Waals surface area contributed by atoms with Crippen LogP contribution in [0, 0.1) is 0 Å². The number of carbonyl (C=O) groups excluding carboxylic acids is 1. The normalized spacial score (nSPS) is 10.3. The first-order chi connectivity index (χ1) is 9.63. The summed E-state index contributed by atoms with van der Waals surface area (Å²) in [6.45, 7) is 2.59. The number of benzene rings is 1. The summed E-state index contributed by atoms with van der Waals surface area (Å²) in [6, 6.07) is 8.19. The third-order valence-corrected chi connectivity index (χ3v) is 4.05. The number of carbonyl (C=O) groups is 1. The van der Waals surface area contributed by atoms with Gasteiger partial charge in [-0.1, -0.05) is 42.5 Å². The molecule has 1 aromatic carbocycles. The molecule has 0 bridgehead atoms. The second-order valence-corrected chi connectivity index (χ2v) is 5.34. The number of amides is 1. The van der Waals surface area contributed by atoms with E-state index >= 15 is 0 Å². The lowest BCUT2D eigenvalue weighted by atomic mass is 10.1. The maximum atomic E-state index is 12.0. The molecule has 1 aromatic heterocycles. The summed E-state index contributed by atoms with van der Waals surface area (Å²) in [5.41, 5.74) is 8.07. The van der Waals surface area contributed by atoms with E-state index in [2.05, 4.69) is 34.7 Å². The Bertz CT molecular complexity index is 592. The van der Waals surface area contributed by atoms with Crippen molar-refractivity contribution in [2.45, 2.75) is 19.9 Å². The second kappa shape index (κ2) is 6.38. The third-order valence-electron chi connectivity index (χ3n) is 2.96. The standard InChI is InChI=1S/C14H18N4OS/c1-3-9-4-6-10(7-5-9)8-17-13(19)11-12(15)18-14(16-2)20-11/h4-7H,3,8,15H2,1-2H3,(H,16,18)(H,17,19). The van der Waals surface area contributed by atoms with E-state index in [4.69, 9.17) is 5.73 Å². The highest BCUT2D eigenvalue weighted by Crippen LogP contribution is 2.24. The fourth-order valence-electron chi connectivity index (χ4n) is 1.76. The molecule has 0 fully saturated rings. The van der Waals surface area contributed by atoms with Crippen molar-refractivity contribution in [3.63, 3.8) is 0 Å². The largest absolute Gasteiger partial charge is 0.382 e. The van der Waals surface area contributed by atoms with Crippen molar-refractivity contribution in [1.29, 1.82) is 0 Å². The summed E-state index contributed by atoms with van der Waals surface area (Å²) in [5.74, 6) is 0.0687. The van der Waals surface area contributed by atoms with Crippen LogP contribution in [0.15, 0.2) is 24.3 Å². The van der Waals surface area contributed by atoms with E-state index in [9.17, 15) is 4.79 Å². The molecule has 5 nitrogen and oxygen atoms in total. The lowest BCUT2D eigenvalue weighted by Crippen LogP contribution is -2.22. The number of hydrogen-bond donors (Lipinski definition) is 3. The van der Waals surface area contributed by atoms with Gasteiger partial charge in [0.1, 0.15) is 10.7 Å². The Hall–Kier alpha value is -2.08. The Balaban J connectivity index is 1.98. The smallest absolute Gasteiger partial charge is 0.265 e. The van der Waals surface area contributed by atoms with E-state index in [1.165, 1.54) is 16.9 Å². The molecule has 0 aliphatic carbocycles. The molecule has 0 radical (unpaired) electrons. The molecule has 2 rings (SSSR count). The first-order valence-electron chi connectivity index (χ1n) is 6.44. The molecule has 1 heterocycles. The van der Waals surface area contributed by atoms with Gasteiger partial charge >= 0.3 is 0 Å². The monoisotopic (exact) mass is 290 g/mol. The van der Waals surface area contributed by atoms with Crippen LogP contribution in [-0.4, -0.2) is 17.9 Å². The predicted molar refractivity (Wildman–Crippen MR) is 83.1 cm³/mol. The van der Waals surface area contributed by atoms with Gasteiger partial charge in [0.2, 0.25) is 0 Å². The average Bonchev–Trinajstić information content (AvgIpc) is 2.86. The van der Waals surface area contributed by atoms with E-state index in [1.807, 2.05) is 12.1 Å². The SMILES string of the molecule is CCc1ccc(CNC(=O)c2sc(NC)nc2N)cc1. The number of nitrogen functional groups attached to an aromatic ring is 1. The van der Waals surface area contributed by atoms with Gasteiger partial charge in [-0.05, 0) is 17.5 Å². The van der Waals surface area contributed by atoms with Crippen LogP contribution in [0.4, 0.5) is 10.9 Å². The Morgan fingerprint density at radius 1 is 1.30 bits per heavy atom. The zero-order valence-corrected chi connectivity index (χ0v) is 12.4. The van der Waals surface area contributed by atoms with Crippen LogP contribution in [0.5, 0.6) is 0 Å². The fourth-order valence-corrected chi connectivity index (χ4v) is 2.51. The van der Waals surface area contributed by atoms with Crippen molar-refractivity contribution in [1.82, 2.24) is 10.3 Å². The van der Waals surface area contributed by atoms with E-state index in [0.717, 1.165) is 12.0 Å². The van der Waals surface area contributed by atoms with E-state index in [-0.39, 0.29) is 11.7 Å². The molecule has 0 saturated carbocycles.